The molecule has 5 heteroatoms. The third-order valence-electron chi connectivity index (χ3n) is 10.4. The second-order valence-electron chi connectivity index (χ2n) is 15.8. The second kappa shape index (κ2) is 15.5. The molecular formula is C51H46N3OPt-. The number of nitrogens with zero attached hydrogens (tertiary/aromatic N) is 3. The van der Waals surface area contributed by atoms with Gasteiger partial charge in [-0.3, -0.25) is 9.55 Å². The molecule has 8 aromatic rings. The first-order chi connectivity index (χ1) is 26.7. The summed E-state index contributed by atoms with van der Waals surface area (Å²) in [5.41, 5.74) is 14.8. The van der Waals surface area contributed by atoms with Crippen LogP contribution in [0.2, 0.25) is 0 Å². The Hall–Kier alpha value is -5.57. The Kier molecular flexibility index (Phi) is 10.4. The number of rotatable bonds is 7. The van der Waals surface area contributed by atoms with E-state index in [4.69, 9.17) is 11.3 Å². The van der Waals surface area contributed by atoms with Crippen molar-refractivity contribution in [2.24, 2.45) is 0 Å². The van der Waals surface area contributed by atoms with E-state index in [2.05, 4.69) is 122 Å². The first kappa shape index (κ1) is 37.4. The average molecular weight is 913 g/mol. The van der Waals surface area contributed by atoms with E-state index >= 15 is 0 Å². The maximum Gasteiger partial charge on any atom is 0.148 e. The molecule has 1 N–H and O–H groups in total. The van der Waals surface area contributed by atoms with E-state index in [1.54, 1.807) is 0 Å². The third-order valence-corrected chi connectivity index (χ3v) is 10.4. The number of hydrogen-bond donors (Lipinski definition) is 1. The molecule has 56 heavy (non-hydrogen) atoms. The van der Waals surface area contributed by atoms with Gasteiger partial charge in [0.05, 0.1) is 16.6 Å². The van der Waals surface area contributed by atoms with Crippen molar-refractivity contribution in [3.8, 4) is 67.5 Å². The summed E-state index contributed by atoms with van der Waals surface area (Å²) in [5.74, 6) is -0.0458. The SMILES string of the molecule is [2H]C(C)(C)c1cc(-c2ccccc2)cc(-n2c(-c3cc(C)cc(C)c3O)nc3c(-c4[c-]c(-c5cc(-c6ccccc6)ccn5)cc(C(C)(C)C)c4)cccc32)c1.[Pt]. The molecule has 2 aromatic heterocycles. The zero-order valence-electron chi connectivity index (χ0n) is 33.9. The van der Waals surface area contributed by atoms with Crippen molar-refractivity contribution in [1.82, 2.24) is 14.5 Å². The standard InChI is InChI=1S/C51H46N3O.Pt/c1-32(2)38-25-39(36-17-12-9-13-18-36)30-43(29-38)54-47-20-14-19-44(48(47)53-50(54)45-24-33(3)23-34(4)49(45)55)40-26-41(28-42(27-40)51(5,6)7)46-31-37(21-22-52-46)35-15-10-8-11-16-35;/h8-25,27-32,55H,1-7H3;/q-1;/i32D;. The van der Waals surface area contributed by atoms with Crippen molar-refractivity contribution in [1.29, 1.82) is 0 Å². The van der Waals surface area contributed by atoms with Crippen molar-refractivity contribution < 1.29 is 27.5 Å². The number of benzene rings is 6. The van der Waals surface area contributed by atoms with E-state index in [1.807, 2.05) is 76.4 Å². The van der Waals surface area contributed by atoms with Gasteiger partial charge in [-0.2, -0.15) is 0 Å². The van der Waals surface area contributed by atoms with Crippen LogP contribution in [0, 0.1) is 19.9 Å². The molecule has 282 valence electrons. The van der Waals surface area contributed by atoms with Crippen molar-refractivity contribution >= 4 is 11.0 Å². The fourth-order valence-electron chi connectivity index (χ4n) is 7.39. The first-order valence-corrected chi connectivity index (χ1v) is 18.9. The molecule has 0 aliphatic rings. The molecule has 0 amide bonds. The number of aromatic hydroxyl groups is 1. The minimum Gasteiger partial charge on any atom is -0.507 e. The summed E-state index contributed by atoms with van der Waals surface area (Å²) in [6.45, 7) is 14.5. The van der Waals surface area contributed by atoms with E-state index in [9.17, 15) is 5.11 Å². The van der Waals surface area contributed by atoms with Gasteiger partial charge < -0.3 is 5.11 Å². The molecule has 0 saturated heterocycles. The number of aryl methyl sites for hydroxylation is 2. The van der Waals surface area contributed by atoms with E-state index in [0.717, 1.165) is 83.6 Å². The molecule has 0 aliphatic carbocycles. The van der Waals surface area contributed by atoms with Crippen molar-refractivity contribution in [3.05, 3.63) is 168 Å². The normalized spacial score (nSPS) is 12.0. The van der Waals surface area contributed by atoms with Crippen LogP contribution in [0.1, 0.15) is 64.1 Å². The van der Waals surface area contributed by atoms with Gasteiger partial charge in [-0.1, -0.05) is 137 Å². The van der Waals surface area contributed by atoms with Gasteiger partial charge >= 0.3 is 0 Å². The number of fused-ring (bicyclic) bond motifs is 1. The number of pyridine rings is 1. The summed E-state index contributed by atoms with van der Waals surface area (Å²) in [4.78, 5) is 10.3. The number of aromatic nitrogens is 3. The van der Waals surface area contributed by atoms with Gasteiger partial charge in [0.1, 0.15) is 11.6 Å². The van der Waals surface area contributed by atoms with Gasteiger partial charge in [0.25, 0.3) is 0 Å². The van der Waals surface area contributed by atoms with Crippen LogP contribution in [0.5, 0.6) is 5.75 Å². The fraction of sp³-hybridized carbons (Fsp3) is 0.176. The second-order valence-corrected chi connectivity index (χ2v) is 15.8. The van der Waals surface area contributed by atoms with Crippen molar-refractivity contribution in [3.63, 3.8) is 0 Å². The quantitative estimate of drug-likeness (QED) is 0.162. The number of phenolic OH excluding ortho intramolecular Hbond substituents is 1. The summed E-state index contributed by atoms with van der Waals surface area (Å²) in [5, 5.41) is 11.7. The first-order valence-electron chi connectivity index (χ1n) is 19.4. The monoisotopic (exact) mass is 912 g/mol. The molecule has 0 bridgehead atoms. The molecule has 8 rings (SSSR count). The molecule has 0 radical (unpaired) electrons. The Morgan fingerprint density at radius 2 is 1.38 bits per heavy atom. The van der Waals surface area contributed by atoms with E-state index in [1.165, 1.54) is 0 Å². The smallest absolute Gasteiger partial charge is 0.148 e. The molecular weight excluding hydrogens is 866 g/mol. The van der Waals surface area contributed by atoms with E-state index < -0.39 is 5.89 Å². The molecule has 4 nitrogen and oxygen atoms in total. The Morgan fingerprint density at radius 3 is 2.05 bits per heavy atom. The zero-order chi connectivity index (χ0) is 39.4. The topological polar surface area (TPSA) is 50.9 Å². The summed E-state index contributed by atoms with van der Waals surface area (Å²) in [6.07, 6.45) is 1.87. The van der Waals surface area contributed by atoms with Crippen LogP contribution in [-0.4, -0.2) is 19.6 Å². The predicted molar refractivity (Wildman–Crippen MR) is 229 cm³/mol. The summed E-state index contributed by atoms with van der Waals surface area (Å²) >= 11 is 0. The molecule has 6 aromatic carbocycles. The molecule has 0 fully saturated rings. The van der Waals surface area contributed by atoms with Gasteiger partial charge in [0.15, 0.2) is 0 Å². The Labute approximate surface area is 346 Å². The summed E-state index contributed by atoms with van der Waals surface area (Å²) < 4.78 is 11.3. The van der Waals surface area contributed by atoms with Gasteiger partial charge in [0, 0.05) is 40.0 Å². The number of phenols is 1. The Balaban J connectivity index is 0.00000496. The molecule has 0 spiro atoms. The maximum atomic E-state index is 11.7. The number of para-hydroxylation sites is 1. The van der Waals surface area contributed by atoms with Crippen molar-refractivity contribution in [2.45, 2.75) is 59.8 Å². The van der Waals surface area contributed by atoms with E-state index in [-0.39, 0.29) is 32.2 Å². The third kappa shape index (κ3) is 7.51. The Bertz CT molecular complexity index is 2740. The maximum absolute atomic E-state index is 11.7. The van der Waals surface area contributed by atoms with Crippen LogP contribution >= 0.6 is 0 Å². The largest absolute Gasteiger partial charge is 0.507 e. The molecule has 0 atom stereocenters. The van der Waals surface area contributed by atoms with Gasteiger partial charge in [-0.15, -0.1) is 29.3 Å². The van der Waals surface area contributed by atoms with Crippen molar-refractivity contribution in [2.75, 3.05) is 0 Å². The number of hydrogen-bond acceptors (Lipinski definition) is 3. The zero-order valence-corrected chi connectivity index (χ0v) is 35.2. The van der Waals surface area contributed by atoms with Gasteiger partial charge in [-0.05, 0) is 94.4 Å². The minimum absolute atomic E-state index is 0. The van der Waals surface area contributed by atoms with Crippen LogP contribution in [0.15, 0.2) is 140 Å². The van der Waals surface area contributed by atoms with Crippen LogP contribution in [0.4, 0.5) is 0 Å². The van der Waals surface area contributed by atoms with Crippen LogP contribution < -0.4 is 0 Å². The Morgan fingerprint density at radius 1 is 0.696 bits per heavy atom. The predicted octanol–water partition coefficient (Wildman–Crippen LogP) is 13.3. The molecule has 0 saturated carbocycles. The molecule has 2 heterocycles. The van der Waals surface area contributed by atoms with E-state index in [0.29, 0.717) is 11.4 Å². The molecule has 0 aliphatic heterocycles. The number of imidazole rings is 1. The summed E-state index contributed by atoms with van der Waals surface area (Å²) in [6, 6.07) is 49.7. The van der Waals surface area contributed by atoms with Gasteiger partial charge in [-0.25, -0.2) is 4.98 Å². The van der Waals surface area contributed by atoms with Crippen LogP contribution in [0.3, 0.4) is 0 Å². The average Bonchev–Trinajstić information content (AvgIpc) is 3.59. The van der Waals surface area contributed by atoms with Crippen LogP contribution in [0.25, 0.3) is 72.7 Å². The summed E-state index contributed by atoms with van der Waals surface area (Å²) in [7, 11) is 0. The van der Waals surface area contributed by atoms with Crippen LogP contribution in [-0.2, 0) is 26.5 Å². The van der Waals surface area contributed by atoms with Gasteiger partial charge in [0.2, 0.25) is 0 Å². The fourth-order valence-corrected chi connectivity index (χ4v) is 7.39. The minimum atomic E-state index is -0.867. The molecule has 0 unspecified atom stereocenters.